The van der Waals surface area contributed by atoms with Crippen molar-refractivity contribution in [3.63, 3.8) is 0 Å². The van der Waals surface area contributed by atoms with Gasteiger partial charge >= 0.3 is 11.7 Å². The Morgan fingerprint density at radius 2 is 2.14 bits per heavy atom. The monoisotopic (exact) mass is 524 g/mol. The number of aromatic nitrogens is 5. The van der Waals surface area contributed by atoms with Gasteiger partial charge in [-0.3, -0.25) is 18.7 Å². The molecule has 0 spiro atoms. The van der Waals surface area contributed by atoms with E-state index in [-0.39, 0.29) is 12.6 Å². The Morgan fingerprint density at radius 3 is 2.89 bits per heavy atom. The van der Waals surface area contributed by atoms with Gasteiger partial charge in [-0.1, -0.05) is 11.6 Å². The number of nitrogens with one attached hydrogen (secondary N) is 1. The zero-order valence-corrected chi connectivity index (χ0v) is 20.8. The highest BCUT2D eigenvalue weighted by Gasteiger charge is 2.21. The first kappa shape index (κ1) is 24.9. The third kappa shape index (κ3) is 5.19. The van der Waals surface area contributed by atoms with Crippen molar-refractivity contribution in [2.75, 3.05) is 19.7 Å². The lowest BCUT2D eigenvalue weighted by atomic mass is 9.94. The van der Waals surface area contributed by atoms with Crippen molar-refractivity contribution in [2.24, 2.45) is 0 Å². The molecule has 4 heterocycles. The standard InChI is InChI=1S/C25H25ClN6O5/c1-15-6-17(26)8-20(19(15)9-18-10-27-3-5-37-18)24-21-7-16(12-32(21)29-14-28-24)11-31-22(33)2-4-30(25(31)36)13-23(34)35/h2,4,6-8,12,14,18,27H,3,5,9-11,13H2,1H3,(H,34,35). The largest absolute Gasteiger partial charge is 0.480 e. The molecular weight excluding hydrogens is 500 g/mol. The van der Waals surface area contributed by atoms with Crippen molar-refractivity contribution in [3.05, 3.63) is 85.5 Å². The fourth-order valence-electron chi connectivity index (χ4n) is 4.66. The Hall–Kier alpha value is -3.80. The highest BCUT2D eigenvalue weighted by Crippen LogP contribution is 2.33. The minimum absolute atomic E-state index is 0.0190. The average Bonchev–Trinajstić information content (AvgIpc) is 3.28. The number of hydrogen-bond donors (Lipinski definition) is 2. The number of carbonyl (C=O) groups is 1. The van der Waals surface area contributed by atoms with Crippen molar-refractivity contribution in [1.82, 2.24) is 29.0 Å². The topological polar surface area (TPSA) is 133 Å². The predicted octanol–water partition coefficient (Wildman–Crippen LogP) is 1.35. The summed E-state index contributed by atoms with van der Waals surface area (Å²) in [6, 6.07) is 6.78. The van der Waals surface area contributed by atoms with Gasteiger partial charge in [0.1, 0.15) is 12.9 Å². The molecule has 2 N–H and O–H groups in total. The van der Waals surface area contributed by atoms with E-state index in [1.165, 1.54) is 18.6 Å². The van der Waals surface area contributed by atoms with E-state index in [1.807, 2.05) is 25.1 Å². The molecule has 12 heteroatoms. The summed E-state index contributed by atoms with van der Waals surface area (Å²) in [6.07, 6.45) is 5.04. The number of aliphatic carboxylic acids is 1. The Bertz CT molecular complexity index is 1600. The maximum absolute atomic E-state index is 12.7. The number of rotatable bonds is 7. The van der Waals surface area contributed by atoms with Crippen LogP contribution < -0.4 is 16.6 Å². The number of benzene rings is 1. The van der Waals surface area contributed by atoms with Crippen molar-refractivity contribution in [1.29, 1.82) is 0 Å². The van der Waals surface area contributed by atoms with Crippen molar-refractivity contribution in [2.45, 2.75) is 32.5 Å². The molecule has 0 bridgehead atoms. The van der Waals surface area contributed by atoms with Crippen molar-refractivity contribution in [3.8, 4) is 11.3 Å². The van der Waals surface area contributed by atoms with Crippen LogP contribution in [0.5, 0.6) is 0 Å². The van der Waals surface area contributed by atoms with Crippen LogP contribution in [0.15, 0.2) is 52.6 Å². The number of morpholine rings is 1. The van der Waals surface area contributed by atoms with Crippen LogP contribution in [0.25, 0.3) is 16.8 Å². The van der Waals surface area contributed by atoms with Crippen LogP contribution in [-0.4, -0.2) is 60.6 Å². The fraction of sp³-hybridized carbons (Fsp3) is 0.320. The van der Waals surface area contributed by atoms with E-state index in [1.54, 1.807) is 10.7 Å². The second kappa shape index (κ2) is 10.3. The zero-order chi connectivity index (χ0) is 26.1. The molecule has 1 fully saturated rings. The van der Waals surface area contributed by atoms with Gasteiger partial charge in [0.2, 0.25) is 0 Å². The maximum Gasteiger partial charge on any atom is 0.331 e. The molecule has 1 aliphatic rings. The molecule has 1 aromatic carbocycles. The molecule has 0 radical (unpaired) electrons. The Balaban J connectivity index is 1.56. The third-order valence-electron chi connectivity index (χ3n) is 6.38. The van der Waals surface area contributed by atoms with Gasteiger partial charge in [0.15, 0.2) is 0 Å². The van der Waals surface area contributed by atoms with Crippen LogP contribution in [0.3, 0.4) is 0 Å². The van der Waals surface area contributed by atoms with Gasteiger partial charge in [0.25, 0.3) is 5.56 Å². The smallest absolute Gasteiger partial charge is 0.331 e. The zero-order valence-electron chi connectivity index (χ0n) is 20.1. The van der Waals surface area contributed by atoms with Crippen molar-refractivity contribution < 1.29 is 14.6 Å². The summed E-state index contributed by atoms with van der Waals surface area (Å²) in [4.78, 5) is 40.8. The first-order chi connectivity index (χ1) is 17.8. The lowest BCUT2D eigenvalue weighted by molar-refractivity contribution is -0.137. The SMILES string of the molecule is Cc1cc(Cl)cc(-c2ncnn3cc(Cn4c(=O)ccn(CC(=O)O)c4=O)cc23)c1CC1CNCCO1. The summed E-state index contributed by atoms with van der Waals surface area (Å²) < 4.78 is 9.55. The Kier molecular flexibility index (Phi) is 6.92. The summed E-state index contributed by atoms with van der Waals surface area (Å²) in [5, 5.41) is 17.3. The first-order valence-corrected chi connectivity index (χ1v) is 12.1. The van der Waals surface area contributed by atoms with E-state index in [4.69, 9.17) is 21.4 Å². The number of nitrogens with zero attached hydrogens (tertiary/aromatic N) is 5. The predicted molar refractivity (Wildman–Crippen MR) is 136 cm³/mol. The number of halogens is 1. The van der Waals surface area contributed by atoms with Gasteiger partial charge in [-0.15, -0.1) is 0 Å². The molecule has 1 atom stereocenters. The molecule has 192 valence electrons. The molecule has 0 amide bonds. The van der Waals surface area contributed by atoms with Gasteiger partial charge in [-0.05, 0) is 41.8 Å². The number of ether oxygens (including phenoxy) is 1. The van der Waals surface area contributed by atoms with E-state index in [9.17, 15) is 14.4 Å². The number of aryl methyl sites for hydroxylation is 1. The minimum Gasteiger partial charge on any atom is -0.480 e. The molecular formula is C25H25ClN6O5. The molecule has 3 aromatic heterocycles. The number of carboxylic acids is 1. The summed E-state index contributed by atoms with van der Waals surface area (Å²) in [6.45, 7) is 3.65. The molecule has 4 aromatic rings. The molecule has 1 aliphatic heterocycles. The molecule has 0 aliphatic carbocycles. The van der Waals surface area contributed by atoms with Gasteiger partial charge in [-0.2, -0.15) is 5.10 Å². The minimum atomic E-state index is -1.18. The fourth-order valence-corrected chi connectivity index (χ4v) is 4.93. The average molecular weight is 525 g/mol. The lowest BCUT2D eigenvalue weighted by Gasteiger charge is -2.25. The van der Waals surface area contributed by atoms with Crippen LogP contribution in [0.1, 0.15) is 16.7 Å². The van der Waals surface area contributed by atoms with Crippen LogP contribution >= 0.6 is 11.6 Å². The van der Waals surface area contributed by atoms with Gasteiger partial charge in [0, 0.05) is 48.6 Å². The summed E-state index contributed by atoms with van der Waals surface area (Å²) in [7, 11) is 0. The van der Waals surface area contributed by atoms with Gasteiger partial charge < -0.3 is 15.2 Å². The summed E-state index contributed by atoms with van der Waals surface area (Å²) >= 11 is 6.45. The van der Waals surface area contributed by atoms with E-state index < -0.39 is 23.8 Å². The third-order valence-corrected chi connectivity index (χ3v) is 6.60. The first-order valence-electron chi connectivity index (χ1n) is 11.8. The van der Waals surface area contributed by atoms with Gasteiger partial charge in [0.05, 0.1) is 30.5 Å². The molecule has 0 saturated carbocycles. The maximum atomic E-state index is 12.7. The molecule has 1 unspecified atom stereocenters. The van der Waals surface area contributed by atoms with Crippen LogP contribution in [0.2, 0.25) is 5.02 Å². The summed E-state index contributed by atoms with van der Waals surface area (Å²) in [5.41, 5.74) is 3.69. The Labute approximate surface area is 215 Å². The van der Waals surface area contributed by atoms with Gasteiger partial charge in [-0.25, -0.2) is 14.3 Å². The lowest BCUT2D eigenvalue weighted by Crippen LogP contribution is -2.40. The highest BCUT2D eigenvalue weighted by molar-refractivity contribution is 6.31. The molecule has 37 heavy (non-hydrogen) atoms. The van der Waals surface area contributed by atoms with E-state index in [2.05, 4.69) is 15.4 Å². The van der Waals surface area contributed by atoms with Crippen molar-refractivity contribution >= 4 is 23.1 Å². The van der Waals surface area contributed by atoms with E-state index in [0.29, 0.717) is 34.8 Å². The number of fused-ring (bicyclic) bond motifs is 1. The molecule has 11 nitrogen and oxygen atoms in total. The van der Waals surface area contributed by atoms with Crippen LogP contribution in [0, 0.1) is 6.92 Å². The quantitative estimate of drug-likeness (QED) is 0.370. The number of hydrogen-bond acceptors (Lipinski definition) is 7. The molecule has 1 saturated heterocycles. The Morgan fingerprint density at radius 1 is 1.30 bits per heavy atom. The summed E-state index contributed by atoms with van der Waals surface area (Å²) in [5.74, 6) is -1.18. The van der Waals surface area contributed by atoms with Crippen LogP contribution in [0.4, 0.5) is 0 Å². The van der Waals surface area contributed by atoms with Crippen LogP contribution in [-0.2, 0) is 29.0 Å². The normalized spacial score (nSPS) is 15.8. The second-order valence-electron chi connectivity index (χ2n) is 8.98. The second-order valence-corrected chi connectivity index (χ2v) is 9.42. The highest BCUT2D eigenvalue weighted by atomic mass is 35.5. The molecule has 5 rings (SSSR count). The number of carboxylic acid groups (broad SMARTS) is 1. The van der Waals surface area contributed by atoms with E-state index in [0.717, 1.165) is 38.9 Å². The van der Waals surface area contributed by atoms with E-state index >= 15 is 0 Å².